The van der Waals surface area contributed by atoms with E-state index in [9.17, 15) is 13.5 Å². The molecule has 0 spiro atoms. The van der Waals surface area contributed by atoms with Crippen LogP contribution in [0, 0.1) is 0 Å². The highest BCUT2D eigenvalue weighted by Crippen LogP contribution is 2.17. The molecule has 0 aliphatic rings. The summed E-state index contributed by atoms with van der Waals surface area (Å²) in [6, 6.07) is 6.94. The van der Waals surface area contributed by atoms with Gasteiger partial charge in [-0.1, -0.05) is 29.8 Å². The van der Waals surface area contributed by atoms with Crippen LogP contribution in [0.15, 0.2) is 24.3 Å². The average Bonchev–Trinajstić information content (AvgIpc) is 2.05. The molecule has 0 amide bonds. The van der Waals surface area contributed by atoms with E-state index in [0.29, 0.717) is 10.6 Å². The van der Waals surface area contributed by atoms with Crippen molar-refractivity contribution in [1.82, 2.24) is 0 Å². The Morgan fingerprint density at radius 2 is 1.93 bits per heavy atom. The molecular weight excluding hydrogens is 259 g/mol. The number of benzene rings is 1. The molecule has 0 bridgehead atoms. The van der Waals surface area contributed by atoms with Gasteiger partial charge < -0.3 is 5.11 Å². The molecule has 0 saturated heterocycles. The van der Waals surface area contributed by atoms with Crippen molar-refractivity contribution in [3.8, 4) is 0 Å². The van der Waals surface area contributed by atoms with Crippen LogP contribution in [0.5, 0.6) is 0 Å². The highest BCUT2D eigenvalue weighted by molar-refractivity contribution is 8.13. The van der Waals surface area contributed by atoms with Gasteiger partial charge in [-0.25, -0.2) is 8.42 Å². The second-order valence-corrected chi connectivity index (χ2v) is 6.38. The molecule has 1 N–H and O–H groups in total. The fraction of sp³-hybridized carbons (Fsp3) is 0.333. The van der Waals surface area contributed by atoms with Crippen LogP contribution in [0.4, 0.5) is 0 Å². The second-order valence-electron chi connectivity index (χ2n) is 3.15. The summed E-state index contributed by atoms with van der Waals surface area (Å²) in [6.45, 7) is 0. The van der Waals surface area contributed by atoms with Gasteiger partial charge in [-0.2, -0.15) is 0 Å². The summed E-state index contributed by atoms with van der Waals surface area (Å²) in [5.41, 5.74) is 0.701. The summed E-state index contributed by atoms with van der Waals surface area (Å²) in [7, 11) is 1.34. The molecule has 0 radical (unpaired) electrons. The Morgan fingerprint density at radius 3 is 2.47 bits per heavy atom. The number of halogens is 2. The van der Waals surface area contributed by atoms with E-state index >= 15 is 0 Å². The molecule has 0 aliphatic carbocycles. The molecule has 84 valence electrons. The molecule has 1 atom stereocenters. The van der Waals surface area contributed by atoms with Gasteiger partial charge in [0.1, 0.15) is 0 Å². The van der Waals surface area contributed by atoms with Gasteiger partial charge in [-0.3, -0.25) is 0 Å². The van der Waals surface area contributed by atoms with Gasteiger partial charge in [-0.05, 0) is 11.6 Å². The summed E-state index contributed by atoms with van der Waals surface area (Å²) >= 11 is 5.85. The summed E-state index contributed by atoms with van der Waals surface area (Å²) in [5, 5.41) is 9.94. The first-order chi connectivity index (χ1) is 6.88. The van der Waals surface area contributed by atoms with Crippen LogP contribution in [0.1, 0.15) is 5.56 Å². The van der Waals surface area contributed by atoms with Crippen molar-refractivity contribution in [3.05, 3.63) is 34.9 Å². The average molecular weight is 269 g/mol. The Kier molecular flexibility index (Phi) is 4.40. The highest BCUT2D eigenvalue weighted by Gasteiger charge is 2.15. The zero-order valence-electron chi connectivity index (χ0n) is 7.73. The fourth-order valence-corrected chi connectivity index (χ4v) is 2.43. The predicted molar refractivity (Wildman–Crippen MR) is 60.8 cm³/mol. The maximum atomic E-state index is 10.7. The second kappa shape index (κ2) is 5.16. The number of aliphatic hydroxyl groups excluding tert-OH is 1. The molecule has 0 heterocycles. The van der Waals surface area contributed by atoms with Crippen molar-refractivity contribution in [1.29, 1.82) is 0 Å². The van der Waals surface area contributed by atoms with Crippen LogP contribution < -0.4 is 0 Å². The van der Waals surface area contributed by atoms with Crippen LogP contribution in [-0.2, 0) is 15.5 Å². The first kappa shape index (κ1) is 12.8. The molecule has 0 fully saturated rings. The predicted octanol–water partition coefficient (Wildman–Crippen LogP) is 1.81. The standard InChI is InChI=1S/C9H10Cl2O3S/c10-9-4-2-1-3-7(9)5-8(12)6-15(11,13)14/h1-4,8,12H,5-6H2. The molecule has 0 saturated carbocycles. The minimum absolute atomic E-state index is 0.172. The van der Waals surface area contributed by atoms with Crippen LogP contribution in [0.3, 0.4) is 0 Å². The fourth-order valence-electron chi connectivity index (χ4n) is 1.21. The van der Waals surface area contributed by atoms with Crippen LogP contribution in [-0.4, -0.2) is 25.4 Å². The Hall–Kier alpha value is -0.290. The summed E-state index contributed by atoms with van der Waals surface area (Å²) in [5.74, 6) is -0.472. The summed E-state index contributed by atoms with van der Waals surface area (Å²) < 4.78 is 21.4. The summed E-state index contributed by atoms with van der Waals surface area (Å²) in [4.78, 5) is 0. The Bertz CT molecular complexity index is 431. The third-order valence-corrected chi connectivity index (χ3v) is 3.33. The van der Waals surface area contributed by atoms with E-state index in [0.717, 1.165) is 0 Å². The lowest BCUT2D eigenvalue weighted by atomic mass is 10.1. The third kappa shape index (κ3) is 4.84. The van der Waals surface area contributed by atoms with Crippen molar-refractivity contribution >= 4 is 31.3 Å². The third-order valence-electron chi connectivity index (χ3n) is 1.80. The molecule has 1 aromatic carbocycles. The van der Waals surface area contributed by atoms with Gasteiger partial charge in [0.2, 0.25) is 9.05 Å². The molecule has 15 heavy (non-hydrogen) atoms. The van der Waals surface area contributed by atoms with Crippen LogP contribution in [0.25, 0.3) is 0 Å². The topological polar surface area (TPSA) is 54.4 Å². The molecule has 3 nitrogen and oxygen atoms in total. The van der Waals surface area contributed by atoms with E-state index in [1.54, 1.807) is 24.3 Å². The van der Waals surface area contributed by atoms with E-state index in [4.69, 9.17) is 22.3 Å². The van der Waals surface area contributed by atoms with E-state index in [1.807, 2.05) is 0 Å². The SMILES string of the molecule is O=S(=O)(Cl)CC(O)Cc1ccccc1Cl. The van der Waals surface area contributed by atoms with E-state index in [2.05, 4.69) is 0 Å². The maximum absolute atomic E-state index is 10.7. The quantitative estimate of drug-likeness (QED) is 0.848. The minimum Gasteiger partial charge on any atom is -0.392 e. The van der Waals surface area contributed by atoms with Crippen molar-refractivity contribution in [2.45, 2.75) is 12.5 Å². The number of hydrogen-bond acceptors (Lipinski definition) is 3. The maximum Gasteiger partial charge on any atom is 0.235 e. The van der Waals surface area contributed by atoms with Crippen molar-refractivity contribution in [2.75, 3.05) is 5.75 Å². The van der Waals surface area contributed by atoms with Gasteiger partial charge >= 0.3 is 0 Å². The smallest absolute Gasteiger partial charge is 0.235 e. The first-order valence-corrected chi connectivity index (χ1v) is 7.08. The minimum atomic E-state index is -3.68. The van der Waals surface area contributed by atoms with Gasteiger partial charge in [-0.15, -0.1) is 0 Å². The lowest BCUT2D eigenvalue weighted by molar-refractivity contribution is 0.198. The highest BCUT2D eigenvalue weighted by atomic mass is 35.7. The summed E-state index contributed by atoms with van der Waals surface area (Å²) in [6.07, 6.45) is -0.863. The first-order valence-electron chi connectivity index (χ1n) is 4.22. The van der Waals surface area contributed by atoms with Gasteiger partial charge in [0, 0.05) is 22.1 Å². The van der Waals surface area contributed by atoms with E-state index in [-0.39, 0.29) is 6.42 Å². The molecule has 6 heteroatoms. The van der Waals surface area contributed by atoms with E-state index in [1.165, 1.54) is 0 Å². The lowest BCUT2D eigenvalue weighted by Crippen LogP contribution is -2.20. The lowest BCUT2D eigenvalue weighted by Gasteiger charge is -2.09. The van der Waals surface area contributed by atoms with E-state index < -0.39 is 20.9 Å². The van der Waals surface area contributed by atoms with Crippen LogP contribution >= 0.6 is 22.3 Å². The molecule has 0 aliphatic heterocycles. The zero-order chi connectivity index (χ0) is 11.5. The number of hydrogen-bond donors (Lipinski definition) is 1. The largest absolute Gasteiger partial charge is 0.392 e. The molecule has 1 unspecified atom stereocenters. The number of rotatable bonds is 4. The molecule has 1 rings (SSSR count). The van der Waals surface area contributed by atoms with Crippen LogP contribution in [0.2, 0.25) is 5.02 Å². The zero-order valence-corrected chi connectivity index (χ0v) is 10.1. The molecule has 0 aromatic heterocycles. The van der Waals surface area contributed by atoms with Gasteiger partial charge in [0.15, 0.2) is 0 Å². The molecule has 1 aromatic rings. The van der Waals surface area contributed by atoms with Gasteiger partial charge in [0.25, 0.3) is 0 Å². The number of aliphatic hydroxyl groups is 1. The Morgan fingerprint density at radius 1 is 1.33 bits per heavy atom. The van der Waals surface area contributed by atoms with Crippen molar-refractivity contribution in [2.24, 2.45) is 0 Å². The van der Waals surface area contributed by atoms with Crippen molar-refractivity contribution in [3.63, 3.8) is 0 Å². The van der Waals surface area contributed by atoms with Crippen molar-refractivity contribution < 1.29 is 13.5 Å². The Labute approximate surface area is 98.1 Å². The normalized spacial score (nSPS) is 13.8. The Balaban J connectivity index is 2.67. The monoisotopic (exact) mass is 268 g/mol. The van der Waals surface area contributed by atoms with Gasteiger partial charge in [0.05, 0.1) is 11.9 Å². The molecular formula is C9H10Cl2O3S.